The van der Waals surface area contributed by atoms with Gasteiger partial charge < -0.3 is 19.3 Å². The number of esters is 2. The Morgan fingerprint density at radius 1 is 1.29 bits per heavy atom. The highest BCUT2D eigenvalue weighted by Gasteiger charge is 2.70. The Labute approximate surface area is 155 Å². The quantitative estimate of drug-likeness (QED) is 0.242. The van der Waals surface area contributed by atoms with Crippen LogP contribution >= 0.6 is 0 Å². The number of alkyl halides is 6. The summed E-state index contributed by atoms with van der Waals surface area (Å²) in [5.74, 6) is -4.98. The molecule has 1 aliphatic carbocycles. The molecular weight excluding hydrogens is 402 g/mol. The summed E-state index contributed by atoms with van der Waals surface area (Å²) in [6, 6.07) is 0. The van der Waals surface area contributed by atoms with Gasteiger partial charge >= 0.3 is 24.3 Å². The van der Waals surface area contributed by atoms with E-state index < -0.39 is 60.2 Å². The largest absolute Gasteiger partial charge is 0.442 e. The minimum absolute atomic E-state index is 0.0249. The zero-order valence-electron chi connectivity index (χ0n) is 14.8. The normalized spacial score (nSPS) is 31.5. The van der Waals surface area contributed by atoms with Gasteiger partial charge in [-0.2, -0.15) is 26.3 Å². The van der Waals surface area contributed by atoms with Crippen LogP contribution < -0.4 is 0 Å². The number of fused-ring (bicyclic) bond motifs is 1. The van der Waals surface area contributed by atoms with Crippen molar-refractivity contribution < 1.29 is 55.2 Å². The minimum Gasteiger partial charge on any atom is -0.442 e. The molecule has 160 valence electrons. The lowest BCUT2D eigenvalue weighted by Gasteiger charge is -2.28. The number of rotatable bonds is 5. The first-order valence-corrected chi connectivity index (χ1v) is 8.15. The lowest BCUT2D eigenvalue weighted by Crippen LogP contribution is -2.50. The summed E-state index contributed by atoms with van der Waals surface area (Å²) in [5.41, 5.74) is -2.27. The van der Waals surface area contributed by atoms with Crippen LogP contribution in [-0.2, 0) is 23.8 Å². The van der Waals surface area contributed by atoms with E-state index in [-0.39, 0.29) is 18.4 Å². The first-order chi connectivity index (χ1) is 12.6. The molecular formula is C16H18F6O6. The van der Waals surface area contributed by atoms with Crippen molar-refractivity contribution in [2.45, 2.75) is 57.7 Å². The van der Waals surface area contributed by atoms with E-state index in [4.69, 9.17) is 9.47 Å². The lowest BCUT2D eigenvalue weighted by molar-refractivity contribution is -0.315. The maximum Gasteiger partial charge on any atom is 0.434 e. The van der Waals surface area contributed by atoms with Gasteiger partial charge in [0.25, 0.3) is 6.10 Å². The highest BCUT2D eigenvalue weighted by molar-refractivity contribution is 6.02. The molecule has 0 bridgehead atoms. The summed E-state index contributed by atoms with van der Waals surface area (Å²) >= 11 is 0. The maximum atomic E-state index is 12.7. The summed E-state index contributed by atoms with van der Waals surface area (Å²) < 4.78 is 90.1. The zero-order chi connectivity index (χ0) is 21.7. The lowest BCUT2D eigenvalue weighted by atomic mass is 9.79. The molecule has 5 unspecified atom stereocenters. The van der Waals surface area contributed by atoms with Gasteiger partial charge in [0, 0.05) is 5.92 Å². The molecule has 0 amide bonds. The Hall–Kier alpha value is -1.82. The fourth-order valence-electron chi connectivity index (χ4n) is 3.51. The fraction of sp³-hybridized carbons (Fsp3) is 0.750. The number of ether oxygens (including phenoxy) is 3. The summed E-state index contributed by atoms with van der Waals surface area (Å²) in [4.78, 5) is 24.8. The SMILES string of the molecule is C=C(C)C(O)OC1OC(=O)C2(C(=O)OC(C(F)(F)F)C(F)(F)F)CC(C)CC12. The second kappa shape index (κ2) is 7.21. The molecule has 2 fully saturated rings. The predicted molar refractivity (Wildman–Crippen MR) is 78.1 cm³/mol. The van der Waals surface area contributed by atoms with Gasteiger partial charge in [0.05, 0.1) is 0 Å². The van der Waals surface area contributed by atoms with Crippen LogP contribution in [0.15, 0.2) is 12.2 Å². The van der Waals surface area contributed by atoms with E-state index in [2.05, 4.69) is 11.3 Å². The monoisotopic (exact) mass is 420 g/mol. The van der Waals surface area contributed by atoms with Crippen molar-refractivity contribution in [3.8, 4) is 0 Å². The van der Waals surface area contributed by atoms with Crippen molar-refractivity contribution in [1.29, 1.82) is 0 Å². The number of halogens is 6. The van der Waals surface area contributed by atoms with Crippen LogP contribution in [0.4, 0.5) is 26.3 Å². The molecule has 1 saturated heterocycles. The number of cyclic esters (lactones) is 1. The average molecular weight is 420 g/mol. The Morgan fingerprint density at radius 2 is 1.82 bits per heavy atom. The average Bonchev–Trinajstić information content (AvgIpc) is 2.98. The fourth-order valence-corrected chi connectivity index (χ4v) is 3.51. The Morgan fingerprint density at radius 3 is 2.29 bits per heavy atom. The topological polar surface area (TPSA) is 82.1 Å². The second-order valence-corrected chi connectivity index (χ2v) is 7.10. The van der Waals surface area contributed by atoms with Gasteiger partial charge in [0.1, 0.15) is 0 Å². The van der Waals surface area contributed by atoms with E-state index in [0.29, 0.717) is 0 Å². The van der Waals surface area contributed by atoms with Gasteiger partial charge in [-0.25, -0.2) is 0 Å². The molecule has 1 saturated carbocycles. The summed E-state index contributed by atoms with van der Waals surface area (Å²) in [5, 5.41) is 9.71. The summed E-state index contributed by atoms with van der Waals surface area (Å²) in [7, 11) is 0. The predicted octanol–water partition coefficient (Wildman–Crippen LogP) is 2.85. The molecule has 2 aliphatic rings. The van der Waals surface area contributed by atoms with Crippen molar-refractivity contribution in [3.05, 3.63) is 12.2 Å². The second-order valence-electron chi connectivity index (χ2n) is 7.10. The maximum absolute atomic E-state index is 12.7. The van der Waals surface area contributed by atoms with Gasteiger partial charge in [0.2, 0.25) is 6.29 Å². The van der Waals surface area contributed by atoms with Crippen molar-refractivity contribution in [2.75, 3.05) is 0 Å². The van der Waals surface area contributed by atoms with Gasteiger partial charge in [0.15, 0.2) is 11.7 Å². The molecule has 0 aromatic carbocycles. The van der Waals surface area contributed by atoms with E-state index in [9.17, 15) is 41.0 Å². The molecule has 12 heteroatoms. The first kappa shape index (κ1) is 22.5. The Kier molecular flexibility index (Phi) is 5.79. The molecule has 5 atom stereocenters. The van der Waals surface area contributed by atoms with Gasteiger partial charge in [-0.3, -0.25) is 9.59 Å². The third-order valence-electron chi connectivity index (χ3n) is 4.74. The van der Waals surface area contributed by atoms with Gasteiger partial charge in [-0.15, -0.1) is 0 Å². The standard InChI is InChI=1S/C16H18F6O6/c1-6(2)9(23)26-10-8-4-7(3)5-14(8,12(24)27-10)13(25)28-11(15(17,18)19)16(20,21)22/h7-11,23H,1,4-5H2,2-3H3. The van der Waals surface area contributed by atoms with Crippen LogP contribution in [0.3, 0.4) is 0 Å². The molecule has 1 aliphatic heterocycles. The van der Waals surface area contributed by atoms with Crippen molar-refractivity contribution in [2.24, 2.45) is 17.3 Å². The number of aliphatic hydroxyl groups is 1. The van der Waals surface area contributed by atoms with Gasteiger partial charge in [-0.1, -0.05) is 13.5 Å². The van der Waals surface area contributed by atoms with Crippen molar-refractivity contribution >= 4 is 11.9 Å². The molecule has 0 radical (unpaired) electrons. The van der Waals surface area contributed by atoms with Crippen LogP contribution in [0.1, 0.15) is 26.7 Å². The molecule has 1 N–H and O–H groups in total. The van der Waals surface area contributed by atoms with E-state index in [1.807, 2.05) is 0 Å². The first-order valence-electron chi connectivity index (χ1n) is 8.15. The number of carbonyl (C=O) groups is 2. The molecule has 0 aromatic rings. The van der Waals surface area contributed by atoms with E-state index >= 15 is 0 Å². The summed E-state index contributed by atoms with van der Waals surface area (Å²) in [6.45, 7) is 6.33. The Balaban J connectivity index is 2.34. The molecule has 0 spiro atoms. The molecule has 2 rings (SSSR count). The van der Waals surface area contributed by atoms with E-state index in [1.54, 1.807) is 6.92 Å². The molecule has 28 heavy (non-hydrogen) atoms. The van der Waals surface area contributed by atoms with E-state index in [1.165, 1.54) is 6.92 Å². The van der Waals surface area contributed by atoms with Crippen LogP contribution in [-0.4, -0.2) is 48.1 Å². The Bertz CT molecular complexity index is 645. The number of carbonyl (C=O) groups excluding carboxylic acids is 2. The third kappa shape index (κ3) is 3.97. The van der Waals surface area contributed by atoms with Crippen LogP contribution in [0, 0.1) is 17.3 Å². The number of hydrogen-bond donors (Lipinski definition) is 1. The highest BCUT2D eigenvalue weighted by atomic mass is 19.4. The molecule has 0 aromatic heterocycles. The van der Waals surface area contributed by atoms with Crippen LogP contribution in [0.5, 0.6) is 0 Å². The highest BCUT2D eigenvalue weighted by Crippen LogP contribution is 2.55. The smallest absolute Gasteiger partial charge is 0.434 e. The van der Waals surface area contributed by atoms with E-state index in [0.717, 1.165) is 0 Å². The van der Waals surface area contributed by atoms with Crippen LogP contribution in [0.25, 0.3) is 0 Å². The van der Waals surface area contributed by atoms with Crippen molar-refractivity contribution in [1.82, 2.24) is 0 Å². The molecule has 1 heterocycles. The number of hydrogen-bond acceptors (Lipinski definition) is 6. The zero-order valence-corrected chi connectivity index (χ0v) is 14.8. The third-order valence-corrected chi connectivity index (χ3v) is 4.74. The van der Waals surface area contributed by atoms with Crippen molar-refractivity contribution in [3.63, 3.8) is 0 Å². The van der Waals surface area contributed by atoms with Gasteiger partial charge in [-0.05, 0) is 31.3 Å². The number of aliphatic hydroxyl groups excluding tert-OH is 1. The summed E-state index contributed by atoms with van der Waals surface area (Å²) in [6.07, 6.45) is -19.7. The van der Waals surface area contributed by atoms with Crippen LogP contribution in [0.2, 0.25) is 0 Å². The minimum atomic E-state index is -5.92. The molecule has 6 nitrogen and oxygen atoms in total.